The molecular formula is C13H14AsBrN2O5. The van der Waals surface area contributed by atoms with E-state index in [4.69, 9.17) is 5.26 Å². The Morgan fingerprint density at radius 3 is 2.32 bits per heavy atom. The second kappa shape index (κ2) is 8.87. The van der Waals surface area contributed by atoms with Gasteiger partial charge in [0.05, 0.1) is 0 Å². The number of amides is 1. The average molecular weight is 433 g/mol. The van der Waals surface area contributed by atoms with E-state index in [9.17, 15) is 12.6 Å². The molecule has 0 fully saturated rings. The summed E-state index contributed by atoms with van der Waals surface area (Å²) in [6.45, 7) is 1.27. The number of hydrogen-bond donors (Lipinski definition) is 3. The van der Waals surface area contributed by atoms with Crippen LogP contribution in [0.3, 0.4) is 0 Å². The first kappa shape index (κ1) is 18.6. The number of anilines is 1. The molecule has 118 valence electrons. The number of hydrogen-bond acceptors (Lipinski definition) is 5. The Kier molecular flexibility index (Phi) is 7.50. The van der Waals surface area contributed by atoms with E-state index < -0.39 is 14.2 Å². The Balaban J connectivity index is 0.000000287. The van der Waals surface area contributed by atoms with Gasteiger partial charge in [0.1, 0.15) is 0 Å². The van der Waals surface area contributed by atoms with E-state index in [1.54, 1.807) is 18.5 Å². The van der Waals surface area contributed by atoms with E-state index in [2.05, 4.69) is 30.1 Å². The van der Waals surface area contributed by atoms with Crippen LogP contribution in [0.1, 0.15) is 6.92 Å². The van der Waals surface area contributed by atoms with Gasteiger partial charge in [0.2, 0.25) is 0 Å². The van der Waals surface area contributed by atoms with Crippen LogP contribution < -0.4 is 9.67 Å². The summed E-state index contributed by atoms with van der Waals surface area (Å²) in [5.74, 6) is -0.379. The fourth-order valence-corrected chi connectivity index (χ4v) is 3.30. The van der Waals surface area contributed by atoms with E-state index >= 15 is 0 Å². The minimum absolute atomic E-state index is 0.103. The van der Waals surface area contributed by atoms with Crippen LogP contribution >= 0.6 is 15.9 Å². The van der Waals surface area contributed by atoms with Crippen molar-refractivity contribution in [1.82, 2.24) is 4.98 Å². The number of rotatable bonds is 3. The Morgan fingerprint density at radius 1 is 1.27 bits per heavy atom. The summed E-state index contributed by atoms with van der Waals surface area (Å²) in [4.78, 5) is 14.6. The van der Waals surface area contributed by atoms with Crippen molar-refractivity contribution in [3.05, 3.63) is 53.3 Å². The summed E-state index contributed by atoms with van der Waals surface area (Å²) in [5.41, 5.74) is 0.157. The zero-order valence-corrected chi connectivity index (χ0v) is 15.0. The van der Waals surface area contributed by atoms with E-state index in [-0.39, 0.29) is 15.9 Å². The molecule has 0 radical (unpaired) electrons. The zero-order valence-electron chi connectivity index (χ0n) is 11.5. The Labute approximate surface area is 138 Å². The van der Waals surface area contributed by atoms with Crippen LogP contribution in [-0.2, 0) is 12.4 Å². The third-order valence-corrected chi connectivity index (χ3v) is 5.36. The van der Waals surface area contributed by atoms with Crippen molar-refractivity contribution >= 4 is 46.0 Å². The molecule has 0 saturated carbocycles. The molecule has 1 aromatic heterocycles. The van der Waals surface area contributed by atoms with Crippen molar-refractivity contribution in [3.63, 3.8) is 0 Å². The number of aromatic nitrogens is 1. The number of carbonyl (C=O) groups is 1. The number of para-hydroxylation sites is 1. The number of nitrogens with zero attached hydrogens (tertiary/aromatic N) is 1. The molecule has 0 aliphatic rings. The van der Waals surface area contributed by atoms with Crippen LogP contribution in [0.5, 0.6) is 0 Å². The maximum atomic E-state index is 11.4. The molecule has 7 nitrogen and oxygen atoms in total. The zero-order chi connectivity index (χ0) is 16.6. The normalized spacial score (nSPS) is 12.5. The topological polar surface area (TPSA) is 109 Å². The number of carbonyl (C=O) groups excluding carboxylic acids is 1. The molecule has 2 aromatic rings. The summed E-state index contributed by atoms with van der Waals surface area (Å²) < 4.78 is 25.2. The fourth-order valence-electron chi connectivity index (χ4n) is 1.39. The van der Waals surface area contributed by atoms with Crippen LogP contribution in [-0.4, -0.2) is 34.4 Å². The second-order valence-electron chi connectivity index (χ2n) is 3.97. The van der Waals surface area contributed by atoms with Gasteiger partial charge in [-0.2, -0.15) is 0 Å². The first-order valence-corrected chi connectivity index (χ1v) is 10.1. The predicted molar refractivity (Wildman–Crippen MR) is 84.7 cm³/mol. The fraction of sp³-hybridized carbons (Fsp3) is 0.0769. The van der Waals surface area contributed by atoms with Crippen molar-refractivity contribution in [1.29, 1.82) is 0 Å². The minimum atomic E-state index is -4.92. The van der Waals surface area contributed by atoms with Crippen LogP contribution in [0.15, 0.2) is 53.3 Å². The molecule has 1 aromatic carbocycles. The summed E-state index contributed by atoms with van der Waals surface area (Å²) in [7, 11) is 0. The van der Waals surface area contributed by atoms with Crippen molar-refractivity contribution in [2.75, 3.05) is 5.32 Å². The van der Waals surface area contributed by atoms with Crippen molar-refractivity contribution in [2.45, 2.75) is 6.92 Å². The third-order valence-electron chi connectivity index (χ3n) is 2.27. The van der Waals surface area contributed by atoms with E-state index in [0.29, 0.717) is 0 Å². The van der Waals surface area contributed by atoms with Crippen LogP contribution in [0, 0.1) is 0 Å². The molecule has 1 atom stereocenters. The summed E-state index contributed by atoms with van der Waals surface area (Å²) in [6, 6.07) is 9.62. The van der Waals surface area contributed by atoms with Crippen LogP contribution in [0.25, 0.3) is 0 Å². The molecule has 0 saturated heterocycles. The standard InChI is InChI=1S/C8H10AsNO5.C5H4BrN/c1-6(11)10-8-5-3-2-4-7(8)9(12,13)15-14;6-5-1-3-7-4-2-5/h2-5,14H,1H3,(H,10,11)(H,12,13);1-4H. The Hall–Kier alpha value is -1.44. The molecule has 9 heteroatoms. The number of nitrogens with one attached hydrogen (secondary N) is 1. The Morgan fingerprint density at radius 2 is 1.86 bits per heavy atom. The summed E-state index contributed by atoms with van der Waals surface area (Å²) >= 11 is -1.65. The molecule has 3 N–H and O–H groups in total. The average Bonchev–Trinajstić information content (AvgIpc) is 2.48. The van der Waals surface area contributed by atoms with Gasteiger partial charge in [0.15, 0.2) is 0 Å². The van der Waals surface area contributed by atoms with E-state index in [1.807, 2.05) is 12.1 Å². The number of halogens is 1. The molecule has 2 rings (SSSR count). The van der Waals surface area contributed by atoms with Crippen molar-refractivity contribution in [2.24, 2.45) is 0 Å². The van der Waals surface area contributed by atoms with Gasteiger partial charge >= 0.3 is 88.4 Å². The molecule has 1 heterocycles. The SMILES string of the molecule is Brc1ccncc1.CC(=O)Nc1ccccc1[As](=O)(O)OO. The van der Waals surface area contributed by atoms with Gasteiger partial charge in [0, 0.05) is 16.9 Å². The quantitative estimate of drug-likeness (QED) is 0.385. The molecule has 1 unspecified atom stereocenters. The van der Waals surface area contributed by atoms with Crippen LogP contribution in [0.4, 0.5) is 5.69 Å². The third kappa shape index (κ3) is 6.13. The second-order valence-corrected chi connectivity index (χ2v) is 8.42. The van der Waals surface area contributed by atoms with Crippen molar-refractivity contribution < 1.29 is 21.8 Å². The molecule has 0 bridgehead atoms. The number of pyridine rings is 1. The van der Waals surface area contributed by atoms with Gasteiger partial charge in [0.25, 0.3) is 0 Å². The predicted octanol–water partition coefficient (Wildman–Crippen LogP) is 1.55. The Bertz CT molecular complexity index is 668. The van der Waals surface area contributed by atoms with Gasteiger partial charge in [-0.1, -0.05) is 15.9 Å². The van der Waals surface area contributed by atoms with E-state index in [0.717, 1.165) is 4.47 Å². The monoisotopic (exact) mass is 432 g/mol. The van der Waals surface area contributed by atoms with E-state index in [1.165, 1.54) is 25.1 Å². The van der Waals surface area contributed by atoms with Gasteiger partial charge in [-0.3, -0.25) is 4.98 Å². The maximum absolute atomic E-state index is 11.4. The molecule has 22 heavy (non-hydrogen) atoms. The number of benzene rings is 1. The first-order chi connectivity index (χ1) is 10.4. The molecule has 0 aliphatic carbocycles. The first-order valence-electron chi connectivity index (χ1n) is 5.95. The van der Waals surface area contributed by atoms with Gasteiger partial charge in [-0.25, -0.2) is 0 Å². The summed E-state index contributed by atoms with van der Waals surface area (Å²) in [6.07, 6.45) is 3.48. The molecular weight excluding hydrogens is 419 g/mol. The molecule has 1 amide bonds. The van der Waals surface area contributed by atoms with Gasteiger partial charge in [-0.15, -0.1) is 0 Å². The summed E-state index contributed by atoms with van der Waals surface area (Å²) in [5, 5.41) is 10.7. The van der Waals surface area contributed by atoms with Gasteiger partial charge < -0.3 is 0 Å². The molecule has 0 aliphatic heterocycles. The van der Waals surface area contributed by atoms with Crippen molar-refractivity contribution in [3.8, 4) is 0 Å². The van der Waals surface area contributed by atoms with Gasteiger partial charge in [-0.05, 0) is 12.1 Å². The van der Waals surface area contributed by atoms with Crippen LogP contribution in [0.2, 0.25) is 0 Å². The molecule has 0 spiro atoms.